The zero-order valence-electron chi connectivity index (χ0n) is 10.7. The van der Waals surface area contributed by atoms with Crippen molar-refractivity contribution in [3.05, 3.63) is 0 Å². The summed E-state index contributed by atoms with van der Waals surface area (Å²) >= 11 is 0. The normalized spacial score (nSPS) is 13.9. The van der Waals surface area contributed by atoms with E-state index in [1.807, 2.05) is 0 Å². The van der Waals surface area contributed by atoms with E-state index in [1.165, 1.54) is 39.1 Å². The highest BCUT2D eigenvalue weighted by atomic mass is 15.2. The Labute approximate surface area is 90.3 Å². The minimum atomic E-state index is 0.741. The maximum absolute atomic E-state index is 2.57. The predicted octanol–water partition coefficient (Wildman–Crippen LogP) is 2.45. The summed E-state index contributed by atoms with van der Waals surface area (Å²) in [5, 5.41) is 0. The van der Waals surface area contributed by atoms with Crippen molar-refractivity contribution in [1.29, 1.82) is 0 Å². The van der Waals surface area contributed by atoms with Gasteiger partial charge >= 0.3 is 0 Å². The maximum atomic E-state index is 2.57. The molecule has 0 aliphatic carbocycles. The highest BCUT2D eigenvalue weighted by Gasteiger charge is 2.15. The highest BCUT2D eigenvalue weighted by Crippen LogP contribution is 2.06. The van der Waals surface area contributed by atoms with Gasteiger partial charge in [0, 0.05) is 12.6 Å². The van der Waals surface area contributed by atoms with Crippen molar-refractivity contribution in [3.63, 3.8) is 0 Å². The van der Waals surface area contributed by atoms with Crippen LogP contribution in [-0.2, 0) is 0 Å². The minimum Gasteiger partial charge on any atom is -0.302 e. The summed E-state index contributed by atoms with van der Waals surface area (Å²) in [5.74, 6) is 0. The molecule has 1 unspecified atom stereocenters. The third-order valence-electron chi connectivity index (χ3n) is 3.16. The summed E-state index contributed by atoms with van der Waals surface area (Å²) in [4.78, 5) is 5.09. The zero-order chi connectivity index (χ0) is 11.0. The first-order valence-corrected chi connectivity index (χ1v) is 6.19. The third-order valence-corrected chi connectivity index (χ3v) is 3.16. The topological polar surface area (TPSA) is 6.48 Å². The molecule has 0 aromatic heterocycles. The van der Waals surface area contributed by atoms with Crippen LogP contribution >= 0.6 is 0 Å². The number of rotatable bonds is 8. The van der Waals surface area contributed by atoms with Gasteiger partial charge in [-0.1, -0.05) is 34.6 Å². The molecule has 0 aromatic carbocycles. The first-order valence-electron chi connectivity index (χ1n) is 6.19. The molecule has 2 nitrogen and oxygen atoms in total. The summed E-state index contributed by atoms with van der Waals surface area (Å²) in [7, 11) is 0. The fourth-order valence-electron chi connectivity index (χ4n) is 2.02. The van der Waals surface area contributed by atoms with Crippen LogP contribution in [0, 0.1) is 0 Å². The van der Waals surface area contributed by atoms with Crippen molar-refractivity contribution in [2.24, 2.45) is 0 Å². The Morgan fingerprint density at radius 2 is 1.29 bits per heavy atom. The molecule has 0 saturated carbocycles. The second-order valence-corrected chi connectivity index (χ2v) is 3.77. The lowest BCUT2D eigenvalue weighted by molar-refractivity contribution is 0.151. The molecule has 0 saturated heterocycles. The molecule has 0 aliphatic heterocycles. The quantitative estimate of drug-likeness (QED) is 0.594. The van der Waals surface area contributed by atoms with Crippen LogP contribution in [0.5, 0.6) is 0 Å². The van der Waals surface area contributed by atoms with Gasteiger partial charge in [0.25, 0.3) is 0 Å². The second-order valence-electron chi connectivity index (χ2n) is 3.77. The Kier molecular flexibility index (Phi) is 8.20. The summed E-state index contributed by atoms with van der Waals surface area (Å²) < 4.78 is 0. The van der Waals surface area contributed by atoms with E-state index in [0.29, 0.717) is 0 Å². The fraction of sp³-hybridized carbons (Fsp3) is 1.00. The predicted molar refractivity (Wildman–Crippen MR) is 64.8 cm³/mol. The van der Waals surface area contributed by atoms with Gasteiger partial charge in [0.15, 0.2) is 0 Å². The molecule has 0 aliphatic rings. The SMILES string of the molecule is CCC(CN(CC)CC)N(CC)CC. The van der Waals surface area contributed by atoms with Gasteiger partial charge in [-0.15, -0.1) is 0 Å². The smallest absolute Gasteiger partial charge is 0.0220 e. The molecule has 1 atom stereocenters. The lowest BCUT2D eigenvalue weighted by Gasteiger charge is -2.33. The summed E-state index contributed by atoms with van der Waals surface area (Å²) in [6, 6.07) is 0.741. The van der Waals surface area contributed by atoms with Crippen LogP contribution in [-0.4, -0.2) is 48.6 Å². The van der Waals surface area contributed by atoms with E-state index in [2.05, 4.69) is 44.4 Å². The Morgan fingerprint density at radius 1 is 0.786 bits per heavy atom. The standard InChI is InChI=1S/C12H28N2/c1-6-12(14(9-4)10-5)11-13(7-2)8-3/h12H,6-11H2,1-5H3. The molecule has 14 heavy (non-hydrogen) atoms. The van der Waals surface area contributed by atoms with Crippen LogP contribution < -0.4 is 0 Å². The van der Waals surface area contributed by atoms with Crippen molar-refractivity contribution in [3.8, 4) is 0 Å². The summed E-state index contributed by atoms with van der Waals surface area (Å²) in [6.07, 6.45) is 1.26. The monoisotopic (exact) mass is 200 g/mol. The van der Waals surface area contributed by atoms with Gasteiger partial charge in [-0.3, -0.25) is 4.90 Å². The molecule has 0 spiro atoms. The Balaban J connectivity index is 4.10. The molecule has 0 N–H and O–H groups in total. The molecule has 0 fully saturated rings. The largest absolute Gasteiger partial charge is 0.302 e. The number of hydrogen-bond acceptors (Lipinski definition) is 2. The molecular weight excluding hydrogens is 172 g/mol. The molecular formula is C12H28N2. The second kappa shape index (κ2) is 8.25. The van der Waals surface area contributed by atoms with Gasteiger partial charge in [-0.05, 0) is 32.6 Å². The molecule has 0 bridgehead atoms. The van der Waals surface area contributed by atoms with E-state index < -0.39 is 0 Å². The Hall–Kier alpha value is -0.0800. The average molecular weight is 200 g/mol. The number of likely N-dealkylation sites (N-methyl/N-ethyl adjacent to an activating group) is 2. The van der Waals surface area contributed by atoms with Crippen molar-refractivity contribution < 1.29 is 0 Å². The lowest BCUT2D eigenvalue weighted by Crippen LogP contribution is -2.43. The first-order chi connectivity index (χ1) is 6.73. The van der Waals surface area contributed by atoms with Crippen LogP contribution in [0.15, 0.2) is 0 Å². The molecule has 0 rings (SSSR count). The van der Waals surface area contributed by atoms with Crippen LogP contribution in [0.25, 0.3) is 0 Å². The van der Waals surface area contributed by atoms with Crippen molar-refractivity contribution >= 4 is 0 Å². The average Bonchev–Trinajstić information content (AvgIpc) is 2.24. The van der Waals surface area contributed by atoms with Crippen molar-refractivity contribution in [1.82, 2.24) is 9.80 Å². The number of nitrogens with zero attached hydrogens (tertiary/aromatic N) is 2. The molecule has 86 valence electrons. The molecule has 0 aromatic rings. The van der Waals surface area contributed by atoms with Gasteiger partial charge in [-0.2, -0.15) is 0 Å². The zero-order valence-corrected chi connectivity index (χ0v) is 10.7. The Bertz CT molecular complexity index is 117. The van der Waals surface area contributed by atoms with Gasteiger partial charge < -0.3 is 4.90 Å². The molecule has 0 amide bonds. The molecule has 2 heteroatoms. The number of hydrogen-bond donors (Lipinski definition) is 0. The van der Waals surface area contributed by atoms with E-state index in [4.69, 9.17) is 0 Å². The minimum absolute atomic E-state index is 0.741. The third kappa shape index (κ3) is 4.43. The van der Waals surface area contributed by atoms with Crippen LogP contribution in [0.2, 0.25) is 0 Å². The van der Waals surface area contributed by atoms with E-state index in [0.717, 1.165) is 6.04 Å². The molecule has 0 radical (unpaired) electrons. The van der Waals surface area contributed by atoms with Crippen LogP contribution in [0.1, 0.15) is 41.0 Å². The van der Waals surface area contributed by atoms with Crippen molar-refractivity contribution in [2.45, 2.75) is 47.1 Å². The summed E-state index contributed by atoms with van der Waals surface area (Å²) in [6.45, 7) is 17.2. The molecule has 0 heterocycles. The van der Waals surface area contributed by atoms with E-state index in [1.54, 1.807) is 0 Å². The van der Waals surface area contributed by atoms with Gasteiger partial charge in [0.2, 0.25) is 0 Å². The summed E-state index contributed by atoms with van der Waals surface area (Å²) in [5.41, 5.74) is 0. The van der Waals surface area contributed by atoms with E-state index in [-0.39, 0.29) is 0 Å². The van der Waals surface area contributed by atoms with Gasteiger partial charge in [0.05, 0.1) is 0 Å². The first kappa shape index (κ1) is 13.9. The fourth-order valence-corrected chi connectivity index (χ4v) is 2.02. The lowest BCUT2D eigenvalue weighted by atomic mass is 10.1. The van der Waals surface area contributed by atoms with Crippen LogP contribution in [0.4, 0.5) is 0 Å². The van der Waals surface area contributed by atoms with Crippen LogP contribution in [0.3, 0.4) is 0 Å². The van der Waals surface area contributed by atoms with Gasteiger partial charge in [-0.25, -0.2) is 0 Å². The van der Waals surface area contributed by atoms with Gasteiger partial charge in [0.1, 0.15) is 0 Å². The van der Waals surface area contributed by atoms with E-state index in [9.17, 15) is 0 Å². The highest BCUT2D eigenvalue weighted by molar-refractivity contribution is 4.72. The maximum Gasteiger partial charge on any atom is 0.0220 e. The Morgan fingerprint density at radius 3 is 1.57 bits per heavy atom. The van der Waals surface area contributed by atoms with E-state index >= 15 is 0 Å². The van der Waals surface area contributed by atoms with Crippen molar-refractivity contribution in [2.75, 3.05) is 32.7 Å².